The zero-order chi connectivity index (χ0) is 22.2. The van der Waals surface area contributed by atoms with E-state index < -0.39 is 33.8 Å². The molecular formula is C21H23F2N3O4S. The number of nitrogens with one attached hydrogen (secondary N) is 1. The normalized spacial score (nSPS) is 24.5. The van der Waals surface area contributed by atoms with E-state index in [1.807, 2.05) is 13.0 Å². The number of halogens is 2. The maximum Gasteiger partial charge on any atom is 0.321 e. The Morgan fingerprint density at radius 2 is 1.94 bits per heavy atom. The Balaban J connectivity index is 1.51. The minimum atomic E-state index is -4.10. The molecule has 2 aromatic carbocycles. The van der Waals surface area contributed by atoms with E-state index in [0.29, 0.717) is 5.69 Å². The van der Waals surface area contributed by atoms with E-state index in [1.54, 1.807) is 18.2 Å². The van der Waals surface area contributed by atoms with Crippen molar-refractivity contribution in [2.45, 2.75) is 30.1 Å². The summed E-state index contributed by atoms with van der Waals surface area (Å²) in [4.78, 5) is 13.8. The number of amides is 2. The third kappa shape index (κ3) is 4.02. The molecule has 7 nitrogen and oxygen atoms in total. The first-order valence-electron chi connectivity index (χ1n) is 9.91. The molecule has 0 bridgehead atoms. The second-order valence-corrected chi connectivity index (χ2v) is 9.55. The Kier molecular flexibility index (Phi) is 5.71. The van der Waals surface area contributed by atoms with E-state index in [0.717, 1.165) is 34.1 Å². The second-order valence-electron chi connectivity index (χ2n) is 7.69. The number of carbonyl (C=O) groups excluding carboxylic acids is 1. The molecule has 0 radical (unpaired) electrons. The van der Waals surface area contributed by atoms with Crippen molar-refractivity contribution in [3.8, 4) is 0 Å². The second kappa shape index (κ2) is 8.18. The monoisotopic (exact) mass is 451 g/mol. The molecule has 2 amide bonds. The summed E-state index contributed by atoms with van der Waals surface area (Å²) >= 11 is 0. The Hall–Kier alpha value is -2.56. The molecule has 2 saturated heterocycles. The predicted octanol–water partition coefficient (Wildman–Crippen LogP) is 3.13. The number of ether oxygens (including phenoxy) is 1. The van der Waals surface area contributed by atoms with Crippen LogP contribution >= 0.6 is 0 Å². The molecule has 2 unspecified atom stereocenters. The van der Waals surface area contributed by atoms with Crippen LogP contribution in [0.5, 0.6) is 0 Å². The summed E-state index contributed by atoms with van der Waals surface area (Å²) in [5.41, 5.74) is -0.119. The summed E-state index contributed by atoms with van der Waals surface area (Å²) in [6, 6.07) is 11.2. The number of rotatable bonds is 3. The summed E-state index contributed by atoms with van der Waals surface area (Å²) in [7, 11) is -4.10. The van der Waals surface area contributed by atoms with Crippen molar-refractivity contribution in [3.63, 3.8) is 0 Å². The van der Waals surface area contributed by atoms with Gasteiger partial charge in [0.05, 0.1) is 18.0 Å². The number of piperidine rings is 1. The topological polar surface area (TPSA) is 79.0 Å². The van der Waals surface area contributed by atoms with Gasteiger partial charge in [-0.05, 0) is 48.9 Å². The van der Waals surface area contributed by atoms with Gasteiger partial charge in [0, 0.05) is 25.2 Å². The van der Waals surface area contributed by atoms with Gasteiger partial charge in [-0.3, -0.25) is 0 Å². The highest BCUT2D eigenvalue weighted by Gasteiger charge is 2.57. The zero-order valence-corrected chi connectivity index (χ0v) is 17.7. The first-order chi connectivity index (χ1) is 14.7. The van der Waals surface area contributed by atoms with Crippen molar-refractivity contribution in [1.29, 1.82) is 0 Å². The number of carbonyl (C=O) groups is 1. The largest absolute Gasteiger partial charge is 0.355 e. The van der Waals surface area contributed by atoms with Gasteiger partial charge >= 0.3 is 6.03 Å². The van der Waals surface area contributed by atoms with Crippen molar-refractivity contribution < 1.29 is 26.7 Å². The van der Waals surface area contributed by atoms with Crippen LogP contribution in [0.2, 0.25) is 0 Å². The molecular weight excluding hydrogens is 428 g/mol. The molecule has 2 aromatic rings. The molecule has 2 aliphatic rings. The number of benzene rings is 2. The van der Waals surface area contributed by atoms with Gasteiger partial charge in [0.1, 0.15) is 5.82 Å². The smallest absolute Gasteiger partial charge is 0.321 e. The van der Waals surface area contributed by atoms with Gasteiger partial charge in [-0.2, -0.15) is 4.31 Å². The van der Waals surface area contributed by atoms with Gasteiger partial charge < -0.3 is 15.0 Å². The average molecular weight is 451 g/mol. The number of nitrogens with zero attached hydrogens (tertiary/aromatic N) is 2. The van der Waals surface area contributed by atoms with E-state index >= 15 is 4.39 Å². The quantitative estimate of drug-likeness (QED) is 0.778. The van der Waals surface area contributed by atoms with Gasteiger partial charge in [-0.25, -0.2) is 22.0 Å². The third-order valence-corrected chi connectivity index (χ3v) is 7.58. The fourth-order valence-corrected chi connectivity index (χ4v) is 5.77. The van der Waals surface area contributed by atoms with Gasteiger partial charge in [-0.1, -0.05) is 12.1 Å². The van der Waals surface area contributed by atoms with Gasteiger partial charge in [-0.15, -0.1) is 0 Å². The molecule has 1 spiro atoms. The number of urea groups is 1. The Bertz CT molecular complexity index is 1080. The van der Waals surface area contributed by atoms with Crippen molar-refractivity contribution >= 4 is 21.7 Å². The lowest BCUT2D eigenvalue weighted by atomic mass is 9.99. The van der Waals surface area contributed by atoms with Crippen LogP contribution in [0.3, 0.4) is 0 Å². The van der Waals surface area contributed by atoms with Gasteiger partial charge in [0.15, 0.2) is 11.9 Å². The molecule has 0 aliphatic carbocycles. The molecule has 1 N–H and O–H groups in total. The Morgan fingerprint density at radius 1 is 1.19 bits per heavy atom. The van der Waals surface area contributed by atoms with Gasteiger partial charge in [0.25, 0.3) is 0 Å². The van der Waals surface area contributed by atoms with Crippen LogP contribution in [0.25, 0.3) is 0 Å². The van der Waals surface area contributed by atoms with Crippen LogP contribution in [-0.2, 0) is 14.8 Å². The summed E-state index contributed by atoms with van der Waals surface area (Å²) in [6.45, 7) is 1.72. The van der Waals surface area contributed by atoms with E-state index in [4.69, 9.17) is 4.74 Å². The van der Waals surface area contributed by atoms with E-state index in [2.05, 4.69) is 5.32 Å². The Morgan fingerprint density at radius 3 is 2.61 bits per heavy atom. The molecule has 2 aliphatic heterocycles. The third-order valence-electron chi connectivity index (χ3n) is 5.64. The molecule has 10 heteroatoms. The molecule has 0 saturated carbocycles. The molecule has 4 rings (SSSR count). The van der Waals surface area contributed by atoms with Gasteiger partial charge in [0.2, 0.25) is 10.0 Å². The van der Waals surface area contributed by atoms with Crippen molar-refractivity contribution in [2.24, 2.45) is 0 Å². The predicted molar refractivity (Wildman–Crippen MR) is 110 cm³/mol. The van der Waals surface area contributed by atoms with Crippen LogP contribution in [0.15, 0.2) is 53.4 Å². The molecule has 0 aromatic heterocycles. The number of sulfonamides is 1. The van der Waals surface area contributed by atoms with Crippen LogP contribution in [0, 0.1) is 12.7 Å². The highest BCUT2D eigenvalue weighted by molar-refractivity contribution is 7.89. The molecule has 2 atom stereocenters. The average Bonchev–Trinajstić information content (AvgIpc) is 3.16. The highest BCUT2D eigenvalue weighted by Crippen LogP contribution is 2.40. The van der Waals surface area contributed by atoms with Crippen molar-refractivity contribution in [1.82, 2.24) is 9.21 Å². The first-order valence-corrected chi connectivity index (χ1v) is 11.4. The zero-order valence-electron chi connectivity index (χ0n) is 16.9. The number of likely N-dealkylation sites (tertiary alicyclic amines) is 1. The maximum absolute atomic E-state index is 15.4. The first kappa shape index (κ1) is 21.7. The van der Waals surface area contributed by atoms with E-state index in [9.17, 15) is 17.6 Å². The number of hydrogen-bond donors (Lipinski definition) is 1. The molecule has 31 heavy (non-hydrogen) atoms. The molecule has 166 valence electrons. The van der Waals surface area contributed by atoms with E-state index in [1.165, 1.54) is 4.90 Å². The standard InChI is InChI=1S/C21H23F2N3O4S/c1-15-3-2-4-17(13-15)24-20(27)25-10-9-21(19(23)14-25)26(11-12-30-21)31(28,29)18-7-5-16(22)6-8-18/h2-8,13,19H,9-12,14H2,1H3,(H,24,27). The van der Waals surface area contributed by atoms with Crippen LogP contribution in [-0.4, -0.2) is 61.8 Å². The summed E-state index contributed by atoms with van der Waals surface area (Å²) < 4.78 is 61.5. The molecule has 2 heterocycles. The van der Waals surface area contributed by atoms with Crippen molar-refractivity contribution in [3.05, 3.63) is 59.9 Å². The highest BCUT2D eigenvalue weighted by atomic mass is 32.2. The SMILES string of the molecule is Cc1cccc(NC(=O)N2CCC3(OCCN3S(=O)(=O)c3ccc(F)cc3)C(F)C2)c1. The number of anilines is 1. The lowest BCUT2D eigenvalue weighted by molar-refractivity contribution is -0.134. The minimum absolute atomic E-state index is 0.0180. The number of hydrogen-bond acceptors (Lipinski definition) is 4. The number of aryl methyl sites for hydroxylation is 1. The van der Waals surface area contributed by atoms with Crippen molar-refractivity contribution in [2.75, 3.05) is 31.6 Å². The summed E-state index contributed by atoms with van der Waals surface area (Å²) in [5.74, 6) is -0.567. The van der Waals surface area contributed by atoms with Crippen LogP contribution < -0.4 is 5.32 Å². The number of alkyl halides is 1. The Labute approximate surface area is 179 Å². The van der Waals surface area contributed by atoms with Crippen LogP contribution in [0.4, 0.5) is 19.3 Å². The fourth-order valence-electron chi connectivity index (χ4n) is 4.06. The van der Waals surface area contributed by atoms with E-state index in [-0.39, 0.29) is 37.6 Å². The lowest BCUT2D eigenvalue weighted by Crippen LogP contribution is -2.63. The fraction of sp³-hybridized carbons (Fsp3) is 0.381. The van der Waals surface area contributed by atoms with Crippen LogP contribution in [0.1, 0.15) is 12.0 Å². The minimum Gasteiger partial charge on any atom is -0.355 e. The molecule has 2 fully saturated rings. The summed E-state index contributed by atoms with van der Waals surface area (Å²) in [5, 5.41) is 2.74. The summed E-state index contributed by atoms with van der Waals surface area (Å²) in [6.07, 6.45) is -1.77. The maximum atomic E-state index is 15.4. The lowest BCUT2D eigenvalue weighted by Gasteiger charge is -2.44.